The lowest BCUT2D eigenvalue weighted by Gasteiger charge is -2.31. The van der Waals surface area contributed by atoms with Gasteiger partial charge in [0, 0.05) is 38.8 Å². The van der Waals surface area contributed by atoms with Gasteiger partial charge in [-0.2, -0.15) is 0 Å². The zero-order valence-corrected chi connectivity index (χ0v) is 16.2. The Balaban J connectivity index is 1.61. The highest BCUT2D eigenvalue weighted by molar-refractivity contribution is 5.94. The second-order valence-electron chi connectivity index (χ2n) is 6.80. The van der Waals surface area contributed by atoms with Crippen molar-refractivity contribution in [1.82, 2.24) is 15.5 Å². The molecular formula is C22H28N4O. The molecule has 0 saturated heterocycles. The van der Waals surface area contributed by atoms with E-state index in [2.05, 4.69) is 44.8 Å². The summed E-state index contributed by atoms with van der Waals surface area (Å²) in [6.45, 7) is 5.21. The van der Waals surface area contributed by atoms with Crippen molar-refractivity contribution in [3.8, 4) is 0 Å². The predicted octanol–water partition coefficient (Wildman–Crippen LogP) is 2.96. The molecule has 5 heteroatoms. The first kappa shape index (κ1) is 19.0. The number of amides is 1. The third-order valence-corrected chi connectivity index (χ3v) is 4.82. The lowest BCUT2D eigenvalue weighted by molar-refractivity contribution is 0.0953. The molecule has 0 aliphatic carbocycles. The van der Waals surface area contributed by atoms with Gasteiger partial charge in [-0.1, -0.05) is 43.3 Å². The van der Waals surface area contributed by atoms with Crippen molar-refractivity contribution < 1.29 is 4.79 Å². The molecule has 1 aliphatic rings. The van der Waals surface area contributed by atoms with Gasteiger partial charge in [-0.15, -0.1) is 0 Å². The molecule has 5 nitrogen and oxygen atoms in total. The highest BCUT2D eigenvalue weighted by Gasteiger charge is 2.18. The summed E-state index contributed by atoms with van der Waals surface area (Å²) >= 11 is 0. The summed E-state index contributed by atoms with van der Waals surface area (Å²) in [4.78, 5) is 18.9. The molecule has 2 aromatic carbocycles. The standard InChI is InChI=1S/C22H28N4O/c1-3-12-24-21(27)19-10-6-7-17(14-19)15-25-22(23-2)26-13-11-18-8-4-5-9-20(18)16-26/h4-10,14H,3,11-13,15-16H2,1-2H3,(H,23,25)(H,24,27). The Kier molecular flexibility index (Phi) is 6.47. The Morgan fingerprint density at radius 2 is 1.93 bits per heavy atom. The van der Waals surface area contributed by atoms with Crippen LogP contribution in [-0.2, 0) is 19.5 Å². The molecular weight excluding hydrogens is 336 g/mol. The molecule has 1 heterocycles. The van der Waals surface area contributed by atoms with Crippen molar-refractivity contribution >= 4 is 11.9 Å². The molecule has 142 valence electrons. The fourth-order valence-corrected chi connectivity index (χ4v) is 3.35. The maximum absolute atomic E-state index is 12.2. The van der Waals surface area contributed by atoms with Crippen molar-refractivity contribution in [2.24, 2.45) is 4.99 Å². The number of aliphatic imine (C=N–C) groups is 1. The van der Waals surface area contributed by atoms with E-state index in [4.69, 9.17) is 0 Å². The SMILES string of the molecule is CCCNC(=O)c1cccc(CNC(=NC)N2CCc3ccccc3C2)c1. The van der Waals surface area contributed by atoms with E-state index in [1.54, 1.807) is 0 Å². The Bertz CT molecular complexity index is 815. The van der Waals surface area contributed by atoms with E-state index in [9.17, 15) is 4.79 Å². The molecule has 0 fully saturated rings. The minimum absolute atomic E-state index is 0.0179. The van der Waals surface area contributed by atoms with Gasteiger partial charge in [0.15, 0.2) is 5.96 Å². The van der Waals surface area contributed by atoms with E-state index in [1.165, 1.54) is 11.1 Å². The Morgan fingerprint density at radius 1 is 1.11 bits per heavy atom. The summed E-state index contributed by atoms with van der Waals surface area (Å²) in [5.74, 6) is 0.876. The van der Waals surface area contributed by atoms with E-state index < -0.39 is 0 Å². The van der Waals surface area contributed by atoms with Crippen LogP contribution in [0.2, 0.25) is 0 Å². The molecule has 3 rings (SSSR count). The van der Waals surface area contributed by atoms with E-state index in [1.807, 2.05) is 38.2 Å². The molecule has 2 N–H and O–H groups in total. The Labute approximate surface area is 161 Å². The molecule has 0 spiro atoms. The summed E-state index contributed by atoms with van der Waals surface area (Å²) < 4.78 is 0. The number of nitrogens with zero attached hydrogens (tertiary/aromatic N) is 2. The van der Waals surface area contributed by atoms with Crippen LogP contribution in [-0.4, -0.2) is 36.9 Å². The smallest absolute Gasteiger partial charge is 0.251 e. The molecule has 1 aliphatic heterocycles. The fraction of sp³-hybridized carbons (Fsp3) is 0.364. The zero-order valence-electron chi connectivity index (χ0n) is 16.2. The van der Waals surface area contributed by atoms with Gasteiger partial charge in [-0.05, 0) is 41.7 Å². The summed E-state index contributed by atoms with van der Waals surface area (Å²) in [7, 11) is 1.82. The van der Waals surface area contributed by atoms with Crippen LogP contribution in [0, 0.1) is 0 Å². The molecule has 0 atom stereocenters. The van der Waals surface area contributed by atoms with E-state index in [-0.39, 0.29) is 5.91 Å². The van der Waals surface area contributed by atoms with Crippen LogP contribution < -0.4 is 10.6 Å². The van der Waals surface area contributed by atoms with Gasteiger partial charge in [0.1, 0.15) is 0 Å². The van der Waals surface area contributed by atoms with E-state index >= 15 is 0 Å². The van der Waals surface area contributed by atoms with Crippen LogP contribution in [0.1, 0.15) is 40.4 Å². The Hall–Kier alpha value is -2.82. The van der Waals surface area contributed by atoms with Gasteiger partial charge in [-0.3, -0.25) is 9.79 Å². The normalized spacial score (nSPS) is 13.9. The molecule has 0 unspecified atom stereocenters. The maximum atomic E-state index is 12.2. The number of nitrogens with one attached hydrogen (secondary N) is 2. The number of rotatable bonds is 5. The first-order chi connectivity index (χ1) is 13.2. The fourth-order valence-electron chi connectivity index (χ4n) is 3.35. The topological polar surface area (TPSA) is 56.7 Å². The van der Waals surface area contributed by atoms with Crippen LogP contribution >= 0.6 is 0 Å². The van der Waals surface area contributed by atoms with Crippen LogP contribution in [0.25, 0.3) is 0 Å². The van der Waals surface area contributed by atoms with Crippen LogP contribution in [0.4, 0.5) is 0 Å². The summed E-state index contributed by atoms with van der Waals surface area (Å²) in [5.41, 5.74) is 4.55. The maximum Gasteiger partial charge on any atom is 0.251 e. The first-order valence-corrected chi connectivity index (χ1v) is 9.60. The lowest BCUT2D eigenvalue weighted by Crippen LogP contribution is -2.43. The third kappa shape index (κ3) is 4.88. The molecule has 2 aromatic rings. The number of hydrogen-bond acceptors (Lipinski definition) is 2. The highest BCUT2D eigenvalue weighted by atomic mass is 16.1. The summed E-state index contributed by atoms with van der Waals surface area (Å²) in [6.07, 6.45) is 1.96. The van der Waals surface area contributed by atoms with Crippen LogP contribution in [0.5, 0.6) is 0 Å². The summed E-state index contributed by atoms with van der Waals surface area (Å²) in [5, 5.41) is 6.36. The number of benzene rings is 2. The number of guanidine groups is 1. The van der Waals surface area contributed by atoms with Gasteiger partial charge in [0.25, 0.3) is 5.91 Å². The molecule has 0 bridgehead atoms. The van der Waals surface area contributed by atoms with Crippen molar-refractivity contribution in [3.63, 3.8) is 0 Å². The molecule has 1 amide bonds. The van der Waals surface area contributed by atoms with E-state index in [0.717, 1.165) is 37.5 Å². The number of hydrogen-bond donors (Lipinski definition) is 2. The van der Waals surface area contributed by atoms with Crippen molar-refractivity contribution in [3.05, 3.63) is 70.8 Å². The van der Waals surface area contributed by atoms with Crippen molar-refractivity contribution in [1.29, 1.82) is 0 Å². The van der Waals surface area contributed by atoms with Crippen LogP contribution in [0.3, 0.4) is 0 Å². The molecule has 0 aromatic heterocycles. The van der Waals surface area contributed by atoms with E-state index in [0.29, 0.717) is 18.7 Å². The second-order valence-corrected chi connectivity index (χ2v) is 6.80. The van der Waals surface area contributed by atoms with Gasteiger partial charge >= 0.3 is 0 Å². The molecule has 27 heavy (non-hydrogen) atoms. The minimum Gasteiger partial charge on any atom is -0.352 e. The largest absolute Gasteiger partial charge is 0.352 e. The highest BCUT2D eigenvalue weighted by Crippen LogP contribution is 2.18. The quantitative estimate of drug-likeness (QED) is 0.633. The first-order valence-electron chi connectivity index (χ1n) is 9.60. The lowest BCUT2D eigenvalue weighted by atomic mass is 10.0. The average Bonchev–Trinajstić information content (AvgIpc) is 2.72. The third-order valence-electron chi connectivity index (χ3n) is 4.82. The van der Waals surface area contributed by atoms with Crippen LogP contribution in [0.15, 0.2) is 53.5 Å². The van der Waals surface area contributed by atoms with Gasteiger partial charge in [0.2, 0.25) is 0 Å². The monoisotopic (exact) mass is 364 g/mol. The molecule has 0 radical (unpaired) electrons. The second kappa shape index (κ2) is 9.21. The zero-order chi connectivity index (χ0) is 19.1. The number of carbonyl (C=O) groups excluding carboxylic acids is 1. The van der Waals surface area contributed by atoms with Gasteiger partial charge < -0.3 is 15.5 Å². The average molecular weight is 364 g/mol. The minimum atomic E-state index is -0.0179. The number of fused-ring (bicyclic) bond motifs is 1. The van der Waals surface area contributed by atoms with Crippen molar-refractivity contribution in [2.45, 2.75) is 32.9 Å². The Morgan fingerprint density at radius 3 is 2.70 bits per heavy atom. The van der Waals surface area contributed by atoms with Crippen molar-refractivity contribution in [2.75, 3.05) is 20.1 Å². The molecule has 0 saturated carbocycles. The number of carbonyl (C=O) groups is 1. The predicted molar refractivity (Wildman–Crippen MR) is 110 cm³/mol. The summed E-state index contributed by atoms with van der Waals surface area (Å²) in [6, 6.07) is 16.3. The van der Waals surface area contributed by atoms with Gasteiger partial charge in [-0.25, -0.2) is 0 Å². The van der Waals surface area contributed by atoms with Gasteiger partial charge in [0.05, 0.1) is 0 Å².